The zero-order chi connectivity index (χ0) is 23.5. The standard InChI is InChI=1S/C26H28N6O2/c1-3-30-18-27-28-25(30)20-13-15-31(16-14-20)26(33)23-17-32(21-7-5-4-6-8-21)29-24(23)19-9-11-22(34-2)12-10-19/h4-12,17-18,20H,3,13-16H2,1-2H3. The monoisotopic (exact) mass is 456 g/mol. The van der Waals surface area contributed by atoms with Crippen molar-refractivity contribution in [2.45, 2.75) is 32.2 Å². The van der Waals surface area contributed by atoms with Gasteiger partial charge in [0.2, 0.25) is 0 Å². The Morgan fingerprint density at radius 1 is 1.06 bits per heavy atom. The number of benzene rings is 2. The SMILES string of the molecule is CCn1cnnc1C1CCN(C(=O)c2cn(-c3ccccc3)nc2-c2ccc(OC)cc2)CC1. The van der Waals surface area contributed by atoms with E-state index >= 15 is 0 Å². The van der Waals surface area contributed by atoms with Crippen LogP contribution in [0.1, 0.15) is 41.9 Å². The molecule has 1 fully saturated rings. The van der Waals surface area contributed by atoms with Crippen LogP contribution in [0.15, 0.2) is 67.1 Å². The van der Waals surface area contributed by atoms with Crippen LogP contribution in [-0.4, -0.2) is 55.6 Å². The predicted molar refractivity (Wildman–Crippen MR) is 129 cm³/mol. The molecule has 2 aromatic heterocycles. The first kappa shape index (κ1) is 21.9. The summed E-state index contributed by atoms with van der Waals surface area (Å²) in [4.78, 5) is 15.6. The maximum absolute atomic E-state index is 13.7. The van der Waals surface area contributed by atoms with Crippen molar-refractivity contribution >= 4 is 5.91 Å². The highest BCUT2D eigenvalue weighted by atomic mass is 16.5. The van der Waals surface area contributed by atoms with E-state index in [0.717, 1.165) is 42.2 Å². The summed E-state index contributed by atoms with van der Waals surface area (Å²) in [5.41, 5.74) is 3.06. The first-order valence-electron chi connectivity index (χ1n) is 11.6. The summed E-state index contributed by atoms with van der Waals surface area (Å²) in [7, 11) is 1.64. The number of ether oxygens (including phenoxy) is 1. The van der Waals surface area contributed by atoms with Crippen molar-refractivity contribution in [1.29, 1.82) is 0 Å². The van der Waals surface area contributed by atoms with E-state index in [4.69, 9.17) is 9.84 Å². The molecule has 1 amide bonds. The van der Waals surface area contributed by atoms with Gasteiger partial charge in [-0.2, -0.15) is 5.10 Å². The highest BCUT2D eigenvalue weighted by Gasteiger charge is 2.29. The topological polar surface area (TPSA) is 78.1 Å². The molecule has 0 atom stereocenters. The number of likely N-dealkylation sites (tertiary alicyclic amines) is 1. The molecule has 8 nitrogen and oxygen atoms in total. The van der Waals surface area contributed by atoms with E-state index < -0.39 is 0 Å². The third-order valence-electron chi connectivity index (χ3n) is 6.46. The Labute approximate surface area is 198 Å². The molecule has 5 rings (SSSR count). The highest BCUT2D eigenvalue weighted by molar-refractivity contribution is 6.00. The largest absolute Gasteiger partial charge is 0.497 e. The Hall–Kier alpha value is -3.94. The van der Waals surface area contributed by atoms with Gasteiger partial charge in [-0.05, 0) is 56.2 Å². The van der Waals surface area contributed by atoms with Crippen LogP contribution in [0.3, 0.4) is 0 Å². The van der Waals surface area contributed by atoms with Crippen LogP contribution in [-0.2, 0) is 6.54 Å². The summed E-state index contributed by atoms with van der Waals surface area (Å²) < 4.78 is 9.17. The smallest absolute Gasteiger partial charge is 0.257 e. The van der Waals surface area contributed by atoms with E-state index in [1.165, 1.54) is 0 Å². The van der Waals surface area contributed by atoms with Crippen LogP contribution in [0.25, 0.3) is 16.9 Å². The normalized spacial score (nSPS) is 14.4. The first-order valence-corrected chi connectivity index (χ1v) is 11.6. The van der Waals surface area contributed by atoms with Crippen molar-refractivity contribution in [3.63, 3.8) is 0 Å². The van der Waals surface area contributed by atoms with Crippen molar-refractivity contribution < 1.29 is 9.53 Å². The number of nitrogens with zero attached hydrogens (tertiary/aromatic N) is 6. The maximum Gasteiger partial charge on any atom is 0.257 e. The second kappa shape index (κ2) is 9.51. The minimum Gasteiger partial charge on any atom is -0.497 e. The number of piperidine rings is 1. The van der Waals surface area contributed by atoms with Gasteiger partial charge in [-0.3, -0.25) is 4.79 Å². The Morgan fingerprint density at radius 3 is 2.47 bits per heavy atom. The average Bonchev–Trinajstić information content (AvgIpc) is 3.57. The Balaban J connectivity index is 1.42. The zero-order valence-corrected chi connectivity index (χ0v) is 19.5. The van der Waals surface area contributed by atoms with E-state index in [1.54, 1.807) is 18.1 Å². The molecular formula is C26H28N6O2. The fourth-order valence-corrected chi connectivity index (χ4v) is 4.54. The van der Waals surface area contributed by atoms with Crippen molar-refractivity contribution in [3.05, 3.63) is 78.5 Å². The van der Waals surface area contributed by atoms with E-state index in [-0.39, 0.29) is 5.91 Å². The molecule has 1 saturated heterocycles. The second-order valence-corrected chi connectivity index (χ2v) is 8.44. The summed E-state index contributed by atoms with van der Waals surface area (Å²) in [5, 5.41) is 13.2. The third kappa shape index (κ3) is 4.19. The summed E-state index contributed by atoms with van der Waals surface area (Å²) in [5.74, 6) is 2.11. The fourth-order valence-electron chi connectivity index (χ4n) is 4.54. The second-order valence-electron chi connectivity index (χ2n) is 8.44. The number of aromatic nitrogens is 5. The molecule has 0 saturated carbocycles. The Morgan fingerprint density at radius 2 is 1.79 bits per heavy atom. The number of carbonyl (C=O) groups excluding carboxylic acids is 1. The maximum atomic E-state index is 13.7. The van der Waals surface area contributed by atoms with Gasteiger partial charge < -0.3 is 14.2 Å². The van der Waals surface area contributed by atoms with Gasteiger partial charge in [0.25, 0.3) is 5.91 Å². The summed E-state index contributed by atoms with van der Waals surface area (Å²) in [6.07, 6.45) is 5.37. The van der Waals surface area contributed by atoms with Crippen molar-refractivity contribution in [2.24, 2.45) is 0 Å². The minimum atomic E-state index is 0.00316. The fraction of sp³-hybridized carbons (Fsp3) is 0.308. The third-order valence-corrected chi connectivity index (χ3v) is 6.46. The van der Waals surface area contributed by atoms with Gasteiger partial charge in [-0.15, -0.1) is 10.2 Å². The molecule has 2 aromatic carbocycles. The van der Waals surface area contributed by atoms with Gasteiger partial charge in [0, 0.05) is 37.3 Å². The summed E-state index contributed by atoms with van der Waals surface area (Å²) in [6.45, 7) is 4.30. The van der Waals surface area contributed by atoms with Crippen LogP contribution in [0.4, 0.5) is 0 Å². The van der Waals surface area contributed by atoms with Crippen LogP contribution in [0, 0.1) is 0 Å². The molecule has 1 aliphatic heterocycles. The van der Waals surface area contributed by atoms with Crippen LogP contribution < -0.4 is 4.74 Å². The van der Waals surface area contributed by atoms with Crippen molar-refractivity contribution in [2.75, 3.05) is 20.2 Å². The van der Waals surface area contributed by atoms with Gasteiger partial charge in [0.05, 0.1) is 18.4 Å². The summed E-state index contributed by atoms with van der Waals surface area (Å²) in [6, 6.07) is 17.5. The van der Waals surface area contributed by atoms with E-state index in [9.17, 15) is 4.79 Å². The van der Waals surface area contributed by atoms with Crippen LogP contribution >= 0.6 is 0 Å². The van der Waals surface area contributed by atoms with Gasteiger partial charge in [-0.25, -0.2) is 4.68 Å². The number of rotatable bonds is 6. The lowest BCUT2D eigenvalue weighted by Crippen LogP contribution is -2.38. The molecule has 3 heterocycles. The quantitative estimate of drug-likeness (QED) is 0.435. The van der Waals surface area contributed by atoms with E-state index in [1.807, 2.05) is 65.7 Å². The molecule has 34 heavy (non-hydrogen) atoms. The average molecular weight is 457 g/mol. The van der Waals surface area contributed by atoms with E-state index in [0.29, 0.717) is 30.3 Å². The number of aryl methyl sites for hydroxylation is 1. The number of hydrogen-bond acceptors (Lipinski definition) is 5. The molecule has 0 aliphatic carbocycles. The lowest BCUT2D eigenvalue weighted by molar-refractivity contribution is 0.0711. The predicted octanol–water partition coefficient (Wildman–Crippen LogP) is 4.18. The molecule has 1 aliphatic rings. The van der Waals surface area contributed by atoms with Gasteiger partial charge >= 0.3 is 0 Å². The Kier molecular flexibility index (Phi) is 6.12. The molecule has 0 N–H and O–H groups in total. The molecule has 174 valence electrons. The van der Waals surface area contributed by atoms with Gasteiger partial charge in [0.15, 0.2) is 0 Å². The minimum absolute atomic E-state index is 0.00316. The molecular weight excluding hydrogens is 428 g/mol. The van der Waals surface area contributed by atoms with Crippen LogP contribution in [0.2, 0.25) is 0 Å². The van der Waals surface area contributed by atoms with Crippen molar-refractivity contribution in [3.8, 4) is 22.7 Å². The van der Waals surface area contributed by atoms with Crippen LogP contribution in [0.5, 0.6) is 5.75 Å². The number of para-hydroxylation sites is 1. The van der Waals surface area contributed by atoms with Gasteiger partial charge in [0.1, 0.15) is 23.6 Å². The van der Waals surface area contributed by atoms with Gasteiger partial charge in [-0.1, -0.05) is 18.2 Å². The highest BCUT2D eigenvalue weighted by Crippen LogP contribution is 2.30. The molecule has 0 radical (unpaired) electrons. The molecule has 4 aromatic rings. The molecule has 8 heteroatoms. The number of carbonyl (C=O) groups is 1. The first-order chi connectivity index (χ1) is 16.7. The van der Waals surface area contributed by atoms with Crippen molar-refractivity contribution in [1.82, 2.24) is 29.4 Å². The molecule has 0 spiro atoms. The lowest BCUT2D eigenvalue weighted by atomic mass is 9.95. The molecule has 0 bridgehead atoms. The zero-order valence-electron chi connectivity index (χ0n) is 19.5. The van der Waals surface area contributed by atoms with E-state index in [2.05, 4.69) is 21.7 Å². The summed E-state index contributed by atoms with van der Waals surface area (Å²) >= 11 is 0. The molecule has 0 unspecified atom stereocenters. The number of methoxy groups -OCH3 is 1. The Bertz CT molecular complexity index is 1250. The lowest BCUT2D eigenvalue weighted by Gasteiger charge is -2.31. The number of amides is 1. The number of hydrogen-bond donors (Lipinski definition) is 0.